The first-order chi connectivity index (χ1) is 11.6. The molecule has 4 nitrogen and oxygen atoms in total. The highest BCUT2D eigenvalue weighted by atomic mass is 16.1. The third-order valence-electron chi connectivity index (χ3n) is 4.79. The van der Waals surface area contributed by atoms with Crippen molar-refractivity contribution in [2.75, 3.05) is 0 Å². The zero-order chi connectivity index (χ0) is 16.9. The van der Waals surface area contributed by atoms with Crippen LogP contribution in [-0.4, -0.2) is 15.7 Å². The molecule has 126 valence electrons. The Morgan fingerprint density at radius 3 is 2.75 bits per heavy atom. The lowest BCUT2D eigenvalue weighted by molar-refractivity contribution is -0.125. The van der Waals surface area contributed by atoms with Crippen LogP contribution in [0.15, 0.2) is 42.5 Å². The second kappa shape index (κ2) is 7.47. The van der Waals surface area contributed by atoms with Crippen LogP contribution in [0.25, 0.3) is 0 Å². The Hall–Kier alpha value is -2.36. The van der Waals surface area contributed by atoms with E-state index in [1.54, 1.807) is 0 Å². The predicted octanol–water partition coefficient (Wildman–Crippen LogP) is 3.52. The lowest BCUT2D eigenvalue weighted by Crippen LogP contribution is -2.31. The lowest BCUT2D eigenvalue weighted by Gasteiger charge is -2.17. The minimum Gasteiger partial charge on any atom is -0.352 e. The number of hydrogen-bond donors (Lipinski definition) is 1. The number of carbonyl (C=O) groups excluding carboxylic acids is 1. The summed E-state index contributed by atoms with van der Waals surface area (Å²) in [6, 6.07) is 10.3. The van der Waals surface area contributed by atoms with Crippen molar-refractivity contribution in [2.24, 2.45) is 5.92 Å². The van der Waals surface area contributed by atoms with Crippen LogP contribution in [-0.2, 0) is 17.9 Å². The zero-order valence-corrected chi connectivity index (χ0v) is 14.5. The Morgan fingerprint density at radius 1 is 1.25 bits per heavy atom. The van der Waals surface area contributed by atoms with E-state index in [4.69, 9.17) is 0 Å². The number of allylic oxidation sites excluding steroid dienone is 2. The summed E-state index contributed by atoms with van der Waals surface area (Å²) >= 11 is 0. The largest absolute Gasteiger partial charge is 0.352 e. The second-order valence-electron chi connectivity index (χ2n) is 6.49. The van der Waals surface area contributed by atoms with Gasteiger partial charge in [0.15, 0.2) is 0 Å². The molecule has 1 aliphatic rings. The SMILES string of the molecule is Cc1nn(Cc2ccccc2)c(C)c1CNC(=O)C1CC=CCC1. The first kappa shape index (κ1) is 16.5. The molecule has 1 N–H and O–H groups in total. The van der Waals surface area contributed by atoms with Crippen molar-refractivity contribution in [1.29, 1.82) is 0 Å². The van der Waals surface area contributed by atoms with Crippen LogP contribution in [0.1, 0.15) is 41.8 Å². The van der Waals surface area contributed by atoms with Crippen LogP contribution < -0.4 is 5.32 Å². The first-order valence-electron chi connectivity index (χ1n) is 8.64. The molecule has 2 aromatic rings. The summed E-state index contributed by atoms with van der Waals surface area (Å²) < 4.78 is 2.02. The fourth-order valence-electron chi connectivity index (χ4n) is 3.25. The Morgan fingerprint density at radius 2 is 2.04 bits per heavy atom. The summed E-state index contributed by atoms with van der Waals surface area (Å²) in [4.78, 5) is 12.3. The van der Waals surface area contributed by atoms with Crippen molar-refractivity contribution in [2.45, 2.75) is 46.2 Å². The molecule has 24 heavy (non-hydrogen) atoms. The average Bonchev–Trinajstić information content (AvgIpc) is 2.88. The molecule has 0 spiro atoms. The molecular weight excluding hydrogens is 298 g/mol. The van der Waals surface area contributed by atoms with E-state index >= 15 is 0 Å². The van der Waals surface area contributed by atoms with Gasteiger partial charge in [0, 0.05) is 23.7 Å². The Bertz CT molecular complexity index is 731. The molecule has 1 heterocycles. The van der Waals surface area contributed by atoms with Crippen LogP contribution in [0.4, 0.5) is 0 Å². The number of carbonyl (C=O) groups is 1. The molecule has 3 rings (SSSR count). The number of amides is 1. The molecule has 0 fully saturated rings. The summed E-state index contributed by atoms with van der Waals surface area (Å²) in [5.41, 5.74) is 4.48. The first-order valence-corrected chi connectivity index (χ1v) is 8.64. The smallest absolute Gasteiger partial charge is 0.223 e. The molecule has 1 aromatic heterocycles. The molecular formula is C20H25N3O. The molecule has 1 amide bonds. The predicted molar refractivity (Wildman–Crippen MR) is 95.6 cm³/mol. The molecule has 0 saturated carbocycles. The fourth-order valence-corrected chi connectivity index (χ4v) is 3.25. The van der Waals surface area contributed by atoms with Gasteiger partial charge in [-0.2, -0.15) is 5.10 Å². The normalized spacial score (nSPS) is 17.0. The van der Waals surface area contributed by atoms with Gasteiger partial charge < -0.3 is 5.32 Å². The van der Waals surface area contributed by atoms with E-state index in [2.05, 4.69) is 41.6 Å². The minimum atomic E-state index is 0.120. The second-order valence-corrected chi connectivity index (χ2v) is 6.49. The van der Waals surface area contributed by atoms with Crippen molar-refractivity contribution in [3.8, 4) is 0 Å². The molecule has 1 unspecified atom stereocenters. The molecule has 0 saturated heterocycles. The number of hydrogen-bond acceptors (Lipinski definition) is 2. The summed E-state index contributed by atoms with van der Waals surface area (Å²) in [5.74, 6) is 0.281. The highest BCUT2D eigenvalue weighted by molar-refractivity contribution is 5.79. The monoisotopic (exact) mass is 323 g/mol. The highest BCUT2D eigenvalue weighted by Crippen LogP contribution is 2.19. The Balaban J connectivity index is 1.65. The fraction of sp³-hybridized carbons (Fsp3) is 0.400. The van der Waals surface area contributed by atoms with E-state index < -0.39 is 0 Å². The van der Waals surface area contributed by atoms with Gasteiger partial charge >= 0.3 is 0 Å². The number of aryl methyl sites for hydroxylation is 1. The maximum Gasteiger partial charge on any atom is 0.223 e. The lowest BCUT2D eigenvalue weighted by atomic mass is 9.93. The van der Waals surface area contributed by atoms with Gasteiger partial charge in [-0.15, -0.1) is 0 Å². The molecule has 0 radical (unpaired) electrons. The average molecular weight is 323 g/mol. The van der Waals surface area contributed by atoms with E-state index in [0.29, 0.717) is 6.54 Å². The number of nitrogens with zero attached hydrogens (tertiary/aromatic N) is 2. The topological polar surface area (TPSA) is 46.9 Å². The van der Waals surface area contributed by atoms with Crippen molar-refractivity contribution in [1.82, 2.24) is 15.1 Å². The van der Waals surface area contributed by atoms with E-state index in [1.165, 1.54) is 5.56 Å². The van der Waals surface area contributed by atoms with Crippen LogP contribution in [0.2, 0.25) is 0 Å². The van der Waals surface area contributed by atoms with Crippen molar-refractivity contribution >= 4 is 5.91 Å². The van der Waals surface area contributed by atoms with Crippen molar-refractivity contribution in [3.05, 3.63) is 65.0 Å². The number of aromatic nitrogens is 2. The Kier molecular flexibility index (Phi) is 5.14. The van der Waals surface area contributed by atoms with Crippen molar-refractivity contribution in [3.63, 3.8) is 0 Å². The van der Waals surface area contributed by atoms with E-state index in [0.717, 1.165) is 42.8 Å². The van der Waals surface area contributed by atoms with E-state index in [1.807, 2.05) is 29.8 Å². The summed E-state index contributed by atoms with van der Waals surface area (Å²) in [6.07, 6.45) is 7.09. The van der Waals surface area contributed by atoms with Gasteiger partial charge in [-0.1, -0.05) is 42.5 Å². The van der Waals surface area contributed by atoms with Crippen LogP contribution in [0, 0.1) is 19.8 Å². The van der Waals surface area contributed by atoms with Crippen LogP contribution in [0.3, 0.4) is 0 Å². The van der Waals surface area contributed by atoms with Crippen LogP contribution in [0.5, 0.6) is 0 Å². The number of rotatable bonds is 5. The van der Waals surface area contributed by atoms with Gasteiger partial charge in [-0.3, -0.25) is 9.48 Å². The van der Waals surface area contributed by atoms with Gasteiger partial charge in [0.25, 0.3) is 0 Å². The third kappa shape index (κ3) is 3.75. The number of nitrogens with one attached hydrogen (secondary N) is 1. The quantitative estimate of drug-likeness (QED) is 0.856. The molecule has 4 heteroatoms. The van der Waals surface area contributed by atoms with Gasteiger partial charge in [0.2, 0.25) is 5.91 Å². The zero-order valence-electron chi connectivity index (χ0n) is 14.5. The van der Waals surface area contributed by atoms with E-state index in [9.17, 15) is 4.79 Å². The van der Waals surface area contributed by atoms with E-state index in [-0.39, 0.29) is 11.8 Å². The van der Waals surface area contributed by atoms with Gasteiger partial charge in [-0.25, -0.2) is 0 Å². The molecule has 1 aromatic carbocycles. The molecule has 1 atom stereocenters. The highest BCUT2D eigenvalue weighted by Gasteiger charge is 2.19. The number of benzene rings is 1. The Labute approximate surface area is 143 Å². The van der Waals surface area contributed by atoms with Gasteiger partial charge in [-0.05, 0) is 38.7 Å². The minimum absolute atomic E-state index is 0.120. The molecule has 1 aliphatic carbocycles. The third-order valence-corrected chi connectivity index (χ3v) is 4.79. The maximum absolute atomic E-state index is 12.3. The molecule has 0 bridgehead atoms. The van der Waals surface area contributed by atoms with Gasteiger partial charge in [0.05, 0.1) is 12.2 Å². The standard InChI is InChI=1S/C20H25N3O/c1-15-19(13-21-20(24)18-11-7-4-8-12-18)16(2)23(22-15)14-17-9-5-3-6-10-17/h3-7,9-10,18H,8,11-14H2,1-2H3,(H,21,24). The van der Waals surface area contributed by atoms with Gasteiger partial charge in [0.1, 0.15) is 0 Å². The van der Waals surface area contributed by atoms with Crippen LogP contribution >= 0.6 is 0 Å². The molecule has 0 aliphatic heterocycles. The summed E-state index contributed by atoms with van der Waals surface area (Å²) in [6.45, 7) is 5.41. The van der Waals surface area contributed by atoms with Crippen molar-refractivity contribution < 1.29 is 4.79 Å². The summed E-state index contributed by atoms with van der Waals surface area (Å²) in [5, 5.41) is 7.75. The summed E-state index contributed by atoms with van der Waals surface area (Å²) in [7, 11) is 0. The maximum atomic E-state index is 12.3.